The zero-order valence-electron chi connectivity index (χ0n) is 20.5. The van der Waals surface area contributed by atoms with Gasteiger partial charge in [-0.1, -0.05) is 0 Å². The first-order valence-electron chi connectivity index (χ1n) is 13.0. The quantitative estimate of drug-likeness (QED) is 0.561. The van der Waals surface area contributed by atoms with E-state index in [0.717, 1.165) is 59.9 Å². The first-order chi connectivity index (χ1) is 17.7. The topological polar surface area (TPSA) is 90.9 Å². The molecule has 3 aromatic rings. The molecule has 4 atom stereocenters. The number of methoxy groups -OCH3 is 1. The van der Waals surface area contributed by atoms with Crippen molar-refractivity contribution >= 4 is 11.0 Å². The molecule has 2 fully saturated rings. The molecule has 3 aromatic heterocycles. The Kier molecular flexibility index (Phi) is 5.54. The average Bonchev–Trinajstić information content (AvgIpc) is 3.43. The summed E-state index contributed by atoms with van der Waals surface area (Å²) in [6, 6.07) is 7.53. The number of fused-ring (bicyclic) bond motifs is 6. The van der Waals surface area contributed by atoms with Crippen LogP contribution in [0.2, 0.25) is 0 Å². The van der Waals surface area contributed by atoms with E-state index in [1.54, 1.807) is 13.3 Å². The van der Waals surface area contributed by atoms with Crippen molar-refractivity contribution in [2.24, 2.45) is 0 Å². The molecular weight excluding hydrogens is 458 g/mol. The van der Waals surface area contributed by atoms with Gasteiger partial charge in [-0.25, -0.2) is 4.98 Å². The lowest BCUT2D eigenvalue weighted by Crippen LogP contribution is -2.50. The third-order valence-corrected chi connectivity index (χ3v) is 8.12. The van der Waals surface area contributed by atoms with Crippen LogP contribution >= 0.6 is 0 Å². The van der Waals surface area contributed by atoms with Gasteiger partial charge in [0.25, 0.3) is 0 Å². The molecule has 7 rings (SSSR count). The maximum Gasteiger partial charge on any atom is 0.213 e. The van der Waals surface area contributed by atoms with Crippen LogP contribution in [-0.2, 0) is 6.54 Å². The molecule has 7 heterocycles. The number of nitrogens with zero attached hydrogens (tertiary/aromatic N) is 4. The molecule has 9 heteroatoms. The lowest BCUT2D eigenvalue weighted by atomic mass is 9.93. The molecule has 2 saturated heterocycles. The number of hydrogen-bond donors (Lipinski definition) is 1. The van der Waals surface area contributed by atoms with Gasteiger partial charge in [0.1, 0.15) is 24.5 Å². The number of rotatable bonds is 6. The molecule has 0 aliphatic carbocycles. The van der Waals surface area contributed by atoms with Gasteiger partial charge in [-0.2, -0.15) is 0 Å². The van der Waals surface area contributed by atoms with Crippen LogP contribution in [0.25, 0.3) is 11.0 Å². The average molecular weight is 490 g/mol. The Morgan fingerprint density at radius 3 is 2.64 bits per heavy atom. The van der Waals surface area contributed by atoms with Gasteiger partial charge in [0, 0.05) is 54.8 Å². The second-order valence-corrected chi connectivity index (χ2v) is 10.2. The molecular formula is C27H31N5O4. The molecule has 0 spiro atoms. The van der Waals surface area contributed by atoms with Crippen LogP contribution in [0.1, 0.15) is 42.9 Å². The van der Waals surface area contributed by atoms with Crippen molar-refractivity contribution in [1.29, 1.82) is 0 Å². The summed E-state index contributed by atoms with van der Waals surface area (Å²) in [7, 11) is 1.65. The van der Waals surface area contributed by atoms with E-state index in [9.17, 15) is 0 Å². The van der Waals surface area contributed by atoms with Crippen molar-refractivity contribution in [3.05, 3.63) is 41.9 Å². The Morgan fingerprint density at radius 1 is 1.00 bits per heavy atom. The highest BCUT2D eigenvalue weighted by Crippen LogP contribution is 2.42. The Labute approximate surface area is 210 Å². The lowest BCUT2D eigenvalue weighted by Gasteiger charge is -2.40. The van der Waals surface area contributed by atoms with Crippen LogP contribution in [0.4, 0.5) is 0 Å². The second-order valence-electron chi connectivity index (χ2n) is 10.2. The zero-order chi connectivity index (χ0) is 24.1. The smallest absolute Gasteiger partial charge is 0.213 e. The summed E-state index contributed by atoms with van der Waals surface area (Å²) in [6.07, 6.45) is 8.46. The fourth-order valence-corrected chi connectivity index (χ4v) is 6.42. The fourth-order valence-electron chi connectivity index (χ4n) is 6.42. The highest BCUT2D eigenvalue weighted by Gasteiger charge is 2.42. The van der Waals surface area contributed by atoms with Crippen molar-refractivity contribution in [2.75, 3.05) is 33.5 Å². The Bertz CT molecular complexity index is 1270. The fraction of sp³-hybridized carbons (Fsp3) is 0.519. The van der Waals surface area contributed by atoms with Crippen LogP contribution in [0.3, 0.4) is 0 Å². The van der Waals surface area contributed by atoms with Crippen LogP contribution in [0.15, 0.2) is 30.6 Å². The summed E-state index contributed by atoms with van der Waals surface area (Å²) in [4.78, 5) is 16.6. The summed E-state index contributed by atoms with van der Waals surface area (Å²) >= 11 is 0. The number of piperidine rings is 1. The standard InChI is InChI=1S/C27H31N5O4/c1-33-25-5-4-21-27(31-25)26-16(15-36-24(26)13-30-21)14-32-19-2-3-20(32)9-17(8-19)28-11-18-10-22-23(12-29-18)35-7-6-34-22/h4-5,10,12-13,16-17,19-20,28H,2-3,6-9,11,14-15H2,1H3/t16?,17-,19-,20+. The van der Waals surface area contributed by atoms with Gasteiger partial charge in [-0.3, -0.25) is 14.9 Å². The molecule has 36 heavy (non-hydrogen) atoms. The number of hydrogen-bond acceptors (Lipinski definition) is 9. The van der Waals surface area contributed by atoms with Gasteiger partial charge in [-0.05, 0) is 31.7 Å². The summed E-state index contributed by atoms with van der Waals surface area (Å²) in [5.41, 5.74) is 3.98. The molecule has 1 N–H and O–H groups in total. The van der Waals surface area contributed by atoms with Gasteiger partial charge in [0.15, 0.2) is 11.5 Å². The Balaban J connectivity index is 1.03. The van der Waals surface area contributed by atoms with E-state index in [1.165, 1.54) is 18.4 Å². The third-order valence-electron chi connectivity index (χ3n) is 8.12. The molecule has 0 amide bonds. The number of pyridine rings is 3. The Hall–Kier alpha value is -3.17. The van der Waals surface area contributed by atoms with Gasteiger partial charge in [-0.15, -0.1) is 0 Å². The molecule has 4 aliphatic heterocycles. The van der Waals surface area contributed by atoms with E-state index in [0.29, 0.717) is 49.7 Å². The minimum atomic E-state index is 0.291. The third kappa shape index (κ3) is 3.90. The van der Waals surface area contributed by atoms with Crippen molar-refractivity contribution < 1.29 is 18.9 Å². The summed E-state index contributed by atoms with van der Waals surface area (Å²) in [6.45, 7) is 3.61. The Morgan fingerprint density at radius 2 is 1.81 bits per heavy atom. The summed E-state index contributed by atoms with van der Waals surface area (Å²) < 4.78 is 22.8. The van der Waals surface area contributed by atoms with Crippen molar-refractivity contribution in [3.63, 3.8) is 0 Å². The zero-order valence-corrected chi connectivity index (χ0v) is 20.5. The molecule has 4 aliphatic rings. The number of nitrogens with one attached hydrogen (secondary N) is 1. The van der Waals surface area contributed by atoms with E-state index < -0.39 is 0 Å². The van der Waals surface area contributed by atoms with Crippen molar-refractivity contribution in [2.45, 2.75) is 56.3 Å². The SMILES string of the molecule is COc1ccc2ncc3c(c2n1)C(CN1[C@@H]2CC[C@H]1C[C@H](NCc1cc4c(cn1)OCCO4)C2)CO3. The van der Waals surface area contributed by atoms with E-state index in [-0.39, 0.29) is 0 Å². The molecule has 0 aromatic carbocycles. The largest absolute Gasteiger partial charge is 0.491 e. The molecule has 0 radical (unpaired) electrons. The van der Waals surface area contributed by atoms with Crippen LogP contribution in [0.5, 0.6) is 23.1 Å². The van der Waals surface area contributed by atoms with Crippen molar-refractivity contribution in [3.8, 4) is 23.1 Å². The first-order valence-corrected chi connectivity index (χ1v) is 13.0. The molecule has 188 valence electrons. The lowest BCUT2D eigenvalue weighted by molar-refractivity contribution is 0.105. The number of aromatic nitrogens is 3. The minimum absolute atomic E-state index is 0.291. The van der Waals surface area contributed by atoms with E-state index in [4.69, 9.17) is 23.9 Å². The van der Waals surface area contributed by atoms with Crippen LogP contribution in [-0.4, -0.2) is 71.5 Å². The summed E-state index contributed by atoms with van der Waals surface area (Å²) in [5.74, 6) is 3.31. The normalized spacial score (nSPS) is 26.6. The first kappa shape index (κ1) is 22.1. The molecule has 9 nitrogen and oxygen atoms in total. The van der Waals surface area contributed by atoms with Crippen LogP contribution < -0.4 is 24.3 Å². The monoisotopic (exact) mass is 489 g/mol. The maximum absolute atomic E-state index is 6.06. The van der Waals surface area contributed by atoms with Gasteiger partial charge in [0.05, 0.1) is 37.3 Å². The van der Waals surface area contributed by atoms with Gasteiger partial charge in [0.2, 0.25) is 5.88 Å². The van der Waals surface area contributed by atoms with Crippen molar-refractivity contribution in [1.82, 2.24) is 25.2 Å². The molecule has 0 saturated carbocycles. The minimum Gasteiger partial charge on any atom is -0.491 e. The molecule has 1 unspecified atom stereocenters. The van der Waals surface area contributed by atoms with E-state index >= 15 is 0 Å². The van der Waals surface area contributed by atoms with E-state index in [1.807, 2.05) is 24.4 Å². The second kappa shape index (κ2) is 9.05. The predicted molar refractivity (Wildman–Crippen MR) is 133 cm³/mol. The summed E-state index contributed by atoms with van der Waals surface area (Å²) in [5, 5.41) is 3.77. The highest BCUT2D eigenvalue weighted by molar-refractivity contribution is 5.81. The van der Waals surface area contributed by atoms with Gasteiger partial charge >= 0.3 is 0 Å². The van der Waals surface area contributed by atoms with Crippen LogP contribution in [0, 0.1) is 0 Å². The predicted octanol–water partition coefficient (Wildman–Crippen LogP) is 3.07. The van der Waals surface area contributed by atoms with E-state index in [2.05, 4.69) is 20.2 Å². The highest BCUT2D eigenvalue weighted by atomic mass is 16.6. The number of ether oxygens (including phenoxy) is 4. The maximum atomic E-state index is 6.06. The molecule has 2 bridgehead atoms. The van der Waals surface area contributed by atoms with Gasteiger partial charge < -0.3 is 24.3 Å².